The minimum absolute atomic E-state index is 0.0471. The van der Waals surface area contributed by atoms with E-state index in [2.05, 4.69) is 205 Å². The van der Waals surface area contributed by atoms with Crippen molar-refractivity contribution in [3.8, 4) is 22.3 Å². The first kappa shape index (κ1) is 33.8. The van der Waals surface area contributed by atoms with Crippen molar-refractivity contribution in [2.75, 3.05) is 4.90 Å². The van der Waals surface area contributed by atoms with E-state index in [0.29, 0.717) is 0 Å². The molecule has 0 bridgehead atoms. The number of nitrogens with zero attached hydrogens (tertiary/aromatic N) is 3. The number of fused-ring (bicyclic) bond motifs is 3. The fourth-order valence-electron chi connectivity index (χ4n) is 9.00. The topological polar surface area (TPSA) is 29.0 Å². The van der Waals surface area contributed by atoms with Gasteiger partial charge in [-0.1, -0.05) is 175 Å². The highest BCUT2D eigenvalue weighted by atomic mass is 15.2. The summed E-state index contributed by atoms with van der Waals surface area (Å²) < 4.78 is 0. The smallest absolute Gasteiger partial charge is 0.265 e. The number of hydrogen-bond donors (Lipinski definition) is 0. The Labute approximate surface area is 338 Å². The third-order valence-electron chi connectivity index (χ3n) is 11.6. The molecule has 0 saturated carbocycles. The fraction of sp³-hybridized carbons (Fsp3) is 0. The van der Waals surface area contributed by atoms with Crippen LogP contribution in [0.4, 0.5) is 17.2 Å². The summed E-state index contributed by atoms with van der Waals surface area (Å²) in [5, 5.41) is 10.0. The lowest BCUT2D eigenvalue weighted by atomic mass is 9.38. The van der Waals surface area contributed by atoms with Gasteiger partial charge in [-0.3, -0.25) is 9.88 Å². The molecular formula is C54H36BN3. The highest BCUT2D eigenvalue weighted by molar-refractivity contribution is 6.95. The van der Waals surface area contributed by atoms with Gasteiger partial charge in [-0.2, -0.15) is 0 Å². The molecule has 0 radical (unpaired) electrons. The highest BCUT2D eigenvalue weighted by Gasteiger charge is 2.24. The van der Waals surface area contributed by atoms with Crippen LogP contribution in [0, 0.1) is 0 Å². The highest BCUT2D eigenvalue weighted by Crippen LogP contribution is 2.47. The summed E-state index contributed by atoms with van der Waals surface area (Å²) in [5.74, 6) is 0.867. The third kappa shape index (κ3) is 5.69. The number of pyridine rings is 2. The molecule has 0 spiro atoms. The molecule has 0 aliphatic carbocycles. The summed E-state index contributed by atoms with van der Waals surface area (Å²) in [6, 6.07) is 73.6. The van der Waals surface area contributed by atoms with E-state index in [1.807, 2.05) is 18.3 Å². The Morgan fingerprint density at radius 1 is 0.345 bits per heavy atom. The number of aromatic nitrogens is 2. The Morgan fingerprint density at radius 3 is 1.48 bits per heavy atom. The average Bonchev–Trinajstić information content (AvgIpc) is 3.30. The molecule has 2 heterocycles. The molecule has 11 aromatic rings. The lowest BCUT2D eigenvalue weighted by Gasteiger charge is -2.24. The van der Waals surface area contributed by atoms with Crippen LogP contribution in [0.1, 0.15) is 0 Å². The lowest BCUT2D eigenvalue weighted by Crippen LogP contribution is -2.53. The molecule has 0 aliphatic heterocycles. The van der Waals surface area contributed by atoms with Crippen molar-refractivity contribution in [3.05, 3.63) is 219 Å². The van der Waals surface area contributed by atoms with Crippen molar-refractivity contribution in [1.29, 1.82) is 0 Å². The Kier molecular flexibility index (Phi) is 8.26. The predicted octanol–water partition coefficient (Wildman–Crippen LogP) is 11.8. The van der Waals surface area contributed by atoms with Crippen LogP contribution in [0.25, 0.3) is 65.3 Å². The second-order valence-electron chi connectivity index (χ2n) is 14.9. The SMILES string of the molecule is c1ccc(B(c2ccccc2)c2ccc(-c3ccc4c5ccccc5c5c(-c6ccc(N(c7ccccc7)c7ccccc7)nc6)ccc6ccc3c4c65)cn2)cc1. The van der Waals surface area contributed by atoms with Crippen molar-refractivity contribution in [3.63, 3.8) is 0 Å². The Balaban J connectivity index is 1.06. The molecule has 0 fully saturated rings. The second kappa shape index (κ2) is 14.2. The van der Waals surface area contributed by atoms with Gasteiger partial charge in [0.2, 0.25) is 0 Å². The number of para-hydroxylation sites is 2. The number of anilines is 3. The summed E-state index contributed by atoms with van der Waals surface area (Å²) in [5.41, 5.74) is 10.2. The maximum Gasteiger partial charge on any atom is 0.265 e. The minimum atomic E-state index is 0.0471. The third-order valence-corrected chi connectivity index (χ3v) is 11.6. The zero-order chi connectivity index (χ0) is 38.4. The van der Waals surface area contributed by atoms with Gasteiger partial charge in [0.1, 0.15) is 5.82 Å². The van der Waals surface area contributed by atoms with Gasteiger partial charge < -0.3 is 0 Å². The maximum atomic E-state index is 5.17. The van der Waals surface area contributed by atoms with Crippen LogP contribution in [0.5, 0.6) is 0 Å². The van der Waals surface area contributed by atoms with Gasteiger partial charge >= 0.3 is 0 Å². The van der Waals surface area contributed by atoms with Crippen LogP contribution >= 0.6 is 0 Å². The molecule has 0 aliphatic rings. The Morgan fingerprint density at radius 2 is 0.862 bits per heavy atom. The van der Waals surface area contributed by atoms with Crippen LogP contribution in [0.15, 0.2) is 219 Å². The molecule has 4 heteroatoms. The number of hydrogen-bond acceptors (Lipinski definition) is 3. The zero-order valence-electron chi connectivity index (χ0n) is 31.7. The van der Waals surface area contributed by atoms with Gasteiger partial charge in [-0.05, 0) is 96.7 Å². The van der Waals surface area contributed by atoms with Crippen molar-refractivity contribution in [2.45, 2.75) is 0 Å². The Hall–Kier alpha value is -7.56. The molecular weight excluding hydrogens is 701 g/mol. The van der Waals surface area contributed by atoms with Gasteiger partial charge in [0.05, 0.1) is 0 Å². The van der Waals surface area contributed by atoms with E-state index in [0.717, 1.165) is 33.9 Å². The van der Waals surface area contributed by atoms with Crippen molar-refractivity contribution in [1.82, 2.24) is 9.97 Å². The lowest BCUT2D eigenvalue weighted by molar-refractivity contribution is 1.18. The van der Waals surface area contributed by atoms with E-state index in [-0.39, 0.29) is 6.71 Å². The monoisotopic (exact) mass is 737 g/mol. The van der Waals surface area contributed by atoms with E-state index < -0.39 is 0 Å². The van der Waals surface area contributed by atoms with Gasteiger partial charge in [-0.15, -0.1) is 0 Å². The molecule has 3 nitrogen and oxygen atoms in total. The molecule has 0 N–H and O–H groups in total. The van der Waals surface area contributed by atoms with E-state index in [9.17, 15) is 0 Å². The second-order valence-corrected chi connectivity index (χ2v) is 14.9. The van der Waals surface area contributed by atoms with E-state index >= 15 is 0 Å². The first-order valence-electron chi connectivity index (χ1n) is 19.9. The van der Waals surface area contributed by atoms with Gasteiger partial charge in [0.25, 0.3) is 6.71 Å². The molecule has 0 amide bonds. The summed E-state index contributed by atoms with van der Waals surface area (Å²) in [6.07, 6.45) is 4.09. The van der Waals surface area contributed by atoms with Crippen molar-refractivity contribution in [2.24, 2.45) is 0 Å². The summed E-state index contributed by atoms with van der Waals surface area (Å²) in [6.45, 7) is 0.0471. The molecule has 270 valence electrons. The molecule has 0 atom stereocenters. The average molecular weight is 738 g/mol. The maximum absolute atomic E-state index is 5.17. The van der Waals surface area contributed by atoms with E-state index in [1.165, 1.54) is 65.1 Å². The molecule has 58 heavy (non-hydrogen) atoms. The largest absolute Gasteiger partial charge is 0.295 e. The van der Waals surface area contributed by atoms with E-state index in [4.69, 9.17) is 9.97 Å². The van der Waals surface area contributed by atoms with Gasteiger partial charge in [0, 0.05) is 40.5 Å². The number of benzene rings is 9. The minimum Gasteiger partial charge on any atom is -0.295 e. The quantitative estimate of drug-likeness (QED) is 0.0883. The van der Waals surface area contributed by atoms with Crippen LogP contribution in [0.2, 0.25) is 0 Å². The first-order valence-corrected chi connectivity index (χ1v) is 19.9. The normalized spacial score (nSPS) is 11.4. The zero-order valence-corrected chi connectivity index (χ0v) is 31.7. The van der Waals surface area contributed by atoms with E-state index in [1.54, 1.807) is 0 Å². The summed E-state index contributed by atoms with van der Waals surface area (Å²) >= 11 is 0. The molecule has 9 aromatic carbocycles. The molecule has 0 unspecified atom stereocenters. The predicted molar refractivity (Wildman–Crippen MR) is 246 cm³/mol. The first-order chi connectivity index (χ1) is 28.8. The van der Waals surface area contributed by atoms with Crippen LogP contribution in [-0.2, 0) is 0 Å². The summed E-state index contributed by atoms with van der Waals surface area (Å²) in [4.78, 5) is 12.5. The standard InChI is InChI=1S/C54H36BN3/c1-5-15-40(16-6-1)55(41-17-7-2-8-18-41)50-33-27-38(35-56-50)44-31-32-49-46-23-13-14-24-47(46)53-45(29-25-37-26-30-48(44)54(49)52(37)53)39-28-34-51(57-36-39)58(42-19-9-3-10-20-42)43-21-11-4-12-22-43/h1-36H. The van der Waals surface area contributed by atoms with Crippen LogP contribution in [0.3, 0.4) is 0 Å². The molecule has 0 saturated heterocycles. The van der Waals surface area contributed by atoms with Gasteiger partial charge in [-0.25, -0.2) is 4.98 Å². The fourth-order valence-corrected chi connectivity index (χ4v) is 9.00. The van der Waals surface area contributed by atoms with Crippen LogP contribution in [-0.4, -0.2) is 16.7 Å². The summed E-state index contributed by atoms with van der Waals surface area (Å²) in [7, 11) is 0. The molecule has 11 rings (SSSR count). The van der Waals surface area contributed by atoms with Crippen LogP contribution < -0.4 is 21.4 Å². The molecule has 2 aromatic heterocycles. The number of rotatable bonds is 8. The Bertz CT molecular complexity index is 3110. The van der Waals surface area contributed by atoms with Crippen molar-refractivity contribution >= 4 is 83.5 Å². The van der Waals surface area contributed by atoms with Crippen molar-refractivity contribution < 1.29 is 0 Å². The van der Waals surface area contributed by atoms with Gasteiger partial charge in [0.15, 0.2) is 0 Å².